The Hall–Kier alpha value is -1.42. The van der Waals surface area contributed by atoms with Gasteiger partial charge in [0.2, 0.25) is 0 Å². The summed E-state index contributed by atoms with van der Waals surface area (Å²) in [6.07, 6.45) is 0.365. The molecule has 1 aliphatic heterocycles. The molecule has 5 heteroatoms. The van der Waals surface area contributed by atoms with E-state index >= 15 is 0 Å². The van der Waals surface area contributed by atoms with Crippen molar-refractivity contribution in [3.05, 3.63) is 22.7 Å². The summed E-state index contributed by atoms with van der Waals surface area (Å²) in [6.45, 7) is 6.11. The summed E-state index contributed by atoms with van der Waals surface area (Å²) in [5.41, 5.74) is 7.69. The van der Waals surface area contributed by atoms with Crippen molar-refractivity contribution in [1.82, 2.24) is 0 Å². The monoisotopic (exact) mass is 268 g/mol. The number of nitrogens with zero attached hydrogens (tertiary/aromatic N) is 1. The van der Waals surface area contributed by atoms with Crippen molar-refractivity contribution in [2.75, 3.05) is 17.2 Å². The highest BCUT2D eigenvalue weighted by Gasteiger charge is 2.30. The molecule has 0 radical (unpaired) electrons. The standard InChI is InChI=1S/C13H17ClN2O2/c1-13(2,3)18-12(17)16-7-6-8-10(16)5-4-9(14)11(8)15/h4-5H,6-7,15H2,1-3H3. The first-order chi connectivity index (χ1) is 8.29. The number of nitrogens with two attached hydrogens (primary N) is 1. The minimum atomic E-state index is -0.502. The molecule has 0 saturated heterocycles. The number of ether oxygens (including phenoxy) is 1. The largest absolute Gasteiger partial charge is 0.443 e. The summed E-state index contributed by atoms with van der Waals surface area (Å²) in [5, 5.41) is 0.528. The summed E-state index contributed by atoms with van der Waals surface area (Å²) in [5.74, 6) is 0. The highest BCUT2D eigenvalue weighted by atomic mass is 35.5. The van der Waals surface area contributed by atoms with Gasteiger partial charge in [0.1, 0.15) is 5.60 Å². The number of benzene rings is 1. The summed E-state index contributed by atoms with van der Waals surface area (Å²) in [6, 6.07) is 3.52. The molecule has 0 bridgehead atoms. The molecule has 2 N–H and O–H groups in total. The molecule has 18 heavy (non-hydrogen) atoms. The molecule has 98 valence electrons. The van der Waals surface area contributed by atoms with Crippen LogP contribution in [0.5, 0.6) is 0 Å². The van der Waals surface area contributed by atoms with Crippen LogP contribution < -0.4 is 10.6 Å². The van der Waals surface area contributed by atoms with Gasteiger partial charge >= 0.3 is 6.09 Å². The quantitative estimate of drug-likeness (QED) is 0.735. The van der Waals surface area contributed by atoms with Crippen LogP contribution in [0.2, 0.25) is 5.02 Å². The van der Waals surface area contributed by atoms with Gasteiger partial charge in [-0.15, -0.1) is 0 Å². The Bertz CT molecular complexity index is 494. The zero-order valence-electron chi connectivity index (χ0n) is 10.8. The smallest absolute Gasteiger partial charge is 0.414 e. The first-order valence-corrected chi connectivity index (χ1v) is 6.25. The second-order valence-corrected chi connectivity index (χ2v) is 5.75. The van der Waals surface area contributed by atoms with Crippen LogP contribution in [-0.2, 0) is 11.2 Å². The zero-order valence-corrected chi connectivity index (χ0v) is 11.5. The topological polar surface area (TPSA) is 55.6 Å². The number of hydrogen-bond acceptors (Lipinski definition) is 3. The minimum Gasteiger partial charge on any atom is -0.443 e. The predicted molar refractivity (Wildman–Crippen MR) is 73.1 cm³/mol. The van der Waals surface area contributed by atoms with E-state index in [1.165, 1.54) is 0 Å². The van der Waals surface area contributed by atoms with Gasteiger partial charge in [0.05, 0.1) is 16.4 Å². The van der Waals surface area contributed by atoms with Gasteiger partial charge in [0.25, 0.3) is 0 Å². The molecule has 2 rings (SSSR count). The summed E-state index contributed by atoms with van der Waals surface area (Å²) >= 11 is 5.97. The van der Waals surface area contributed by atoms with E-state index < -0.39 is 5.60 Å². The normalized spacial score (nSPS) is 14.6. The molecule has 0 atom stereocenters. The van der Waals surface area contributed by atoms with E-state index in [1.54, 1.807) is 11.0 Å². The van der Waals surface area contributed by atoms with Crippen LogP contribution >= 0.6 is 11.6 Å². The molecule has 0 saturated carbocycles. The van der Waals surface area contributed by atoms with Crippen molar-refractivity contribution in [3.63, 3.8) is 0 Å². The van der Waals surface area contributed by atoms with Crippen molar-refractivity contribution in [3.8, 4) is 0 Å². The van der Waals surface area contributed by atoms with Gasteiger partial charge in [-0.25, -0.2) is 4.79 Å². The fourth-order valence-corrected chi connectivity index (χ4v) is 2.17. The molecule has 1 amide bonds. The highest BCUT2D eigenvalue weighted by Crippen LogP contribution is 2.37. The van der Waals surface area contributed by atoms with Gasteiger partial charge in [-0.05, 0) is 39.3 Å². The average molecular weight is 269 g/mol. The van der Waals surface area contributed by atoms with E-state index in [2.05, 4.69) is 0 Å². The van der Waals surface area contributed by atoms with Crippen molar-refractivity contribution >= 4 is 29.1 Å². The minimum absolute atomic E-state index is 0.344. The number of rotatable bonds is 0. The number of halogens is 1. The number of anilines is 2. The Morgan fingerprint density at radius 3 is 2.72 bits per heavy atom. The van der Waals surface area contributed by atoms with E-state index in [0.29, 0.717) is 23.7 Å². The van der Waals surface area contributed by atoms with E-state index in [4.69, 9.17) is 22.1 Å². The maximum atomic E-state index is 12.0. The summed E-state index contributed by atoms with van der Waals surface area (Å²) < 4.78 is 5.36. The Morgan fingerprint density at radius 1 is 1.44 bits per heavy atom. The first kappa shape index (κ1) is 13.0. The highest BCUT2D eigenvalue weighted by molar-refractivity contribution is 6.33. The SMILES string of the molecule is CC(C)(C)OC(=O)N1CCc2c1ccc(Cl)c2N. The summed E-state index contributed by atoms with van der Waals surface area (Å²) in [4.78, 5) is 13.7. The molecule has 0 aromatic heterocycles. The van der Waals surface area contributed by atoms with Crippen molar-refractivity contribution in [2.24, 2.45) is 0 Å². The van der Waals surface area contributed by atoms with Gasteiger partial charge in [0, 0.05) is 12.1 Å². The van der Waals surface area contributed by atoms with Gasteiger partial charge in [0.15, 0.2) is 0 Å². The lowest BCUT2D eigenvalue weighted by Gasteiger charge is -2.24. The second kappa shape index (κ2) is 4.35. The molecule has 1 aromatic rings. The number of carbonyl (C=O) groups is 1. The van der Waals surface area contributed by atoms with Crippen LogP contribution in [0, 0.1) is 0 Å². The Morgan fingerprint density at radius 2 is 2.11 bits per heavy atom. The fraction of sp³-hybridized carbons (Fsp3) is 0.462. The van der Waals surface area contributed by atoms with Crippen LogP contribution in [0.4, 0.5) is 16.2 Å². The molecule has 1 aliphatic rings. The third kappa shape index (κ3) is 2.38. The molecular weight excluding hydrogens is 252 g/mol. The third-order valence-electron chi connectivity index (χ3n) is 2.77. The van der Waals surface area contributed by atoms with E-state index in [-0.39, 0.29) is 6.09 Å². The second-order valence-electron chi connectivity index (χ2n) is 5.34. The Labute approximate surface area is 112 Å². The van der Waals surface area contributed by atoms with Crippen molar-refractivity contribution in [1.29, 1.82) is 0 Å². The van der Waals surface area contributed by atoms with Gasteiger partial charge < -0.3 is 10.5 Å². The van der Waals surface area contributed by atoms with E-state index in [9.17, 15) is 4.79 Å². The molecule has 0 unspecified atom stereocenters. The predicted octanol–water partition coefficient (Wildman–Crippen LogP) is 3.22. The number of fused-ring (bicyclic) bond motifs is 1. The van der Waals surface area contributed by atoms with Crippen LogP contribution in [0.25, 0.3) is 0 Å². The fourth-order valence-electron chi connectivity index (χ4n) is 1.99. The zero-order chi connectivity index (χ0) is 13.5. The molecule has 0 aliphatic carbocycles. The number of hydrogen-bond donors (Lipinski definition) is 1. The van der Waals surface area contributed by atoms with Gasteiger partial charge in [-0.3, -0.25) is 4.90 Å². The lowest BCUT2D eigenvalue weighted by atomic mass is 10.1. The third-order valence-corrected chi connectivity index (χ3v) is 3.10. The van der Waals surface area contributed by atoms with Gasteiger partial charge in [-0.2, -0.15) is 0 Å². The van der Waals surface area contributed by atoms with E-state index in [0.717, 1.165) is 11.3 Å². The molecule has 0 fully saturated rings. The lowest BCUT2D eigenvalue weighted by molar-refractivity contribution is 0.0584. The van der Waals surface area contributed by atoms with Crippen LogP contribution in [0.3, 0.4) is 0 Å². The van der Waals surface area contributed by atoms with Crippen LogP contribution in [-0.4, -0.2) is 18.2 Å². The number of carbonyl (C=O) groups excluding carboxylic acids is 1. The maximum absolute atomic E-state index is 12.0. The first-order valence-electron chi connectivity index (χ1n) is 5.87. The molecule has 0 spiro atoms. The van der Waals surface area contributed by atoms with Crippen molar-refractivity contribution < 1.29 is 9.53 Å². The average Bonchev–Trinajstić information content (AvgIpc) is 2.65. The molecular formula is C13H17ClN2O2. The summed E-state index contributed by atoms with van der Waals surface area (Å²) in [7, 11) is 0. The van der Waals surface area contributed by atoms with Crippen LogP contribution in [0.15, 0.2) is 12.1 Å². The maximum Gasteiger partial charge on any atom is 0.414 e. The van der Waals surface area contributed by atoms with Crippen molar-refractivity contribution in [2.45, 2.75) is 32.8 Å². The number of nitrogen functional groups attached to an aromatic ring is 1. The molecule has 1 heterocycles. The Kier molecular flexibility index (Phi) is 3.15. The van der Waals surface area contributed by atoms with Crippen LogP contribution in [0.1, 0.15) is 26.3 Å². The number of amides is 1. The van der Waals surface area contributed by atoms with Gasteiger partial charge in [-0.1, -0.05) is 11.6 Å². The molecule has 4 nitrogen and oxygen atoms in total. The molecule has 1 aromatic carbocycles. The lowest BCUT2D eigenvalue weighted by Crippen LogP contribution is -2.35. The Balaban J connectivity index is 2.27. The van der Waals surface area contributed by atoms with E-state index in [1.807, 2.05) is 26.8 Å².